The normalized spacial score (nSPS) is 11.0. The summed E-state index contributed by atoms with van der Waals surface area (Å²) in [6.07, 6.45) is 6.24. The summed E-state index contributed by atoms with van der Waals surface area (Å²) in [5, 5.41) is 8.79. The van der Waals surface area contributed by atoms with Crippen LogP contribution in [0.5, 0.6) is 0 Å². The third-order valence-corrected chi connectivity index (χ3v) is 6.18. The number of imidazole rings is 1. The van der Waals surface area contributed by atoms with Crippen LogP contribution in [0.4, 0.5) is 0 Å². The van der Waals surface area contributed by atoms with Gasteiger partial charge in [0.25, 0.3) is 5.91 Å². The van der Waals surface area contributed by atoms with Gasteiger partial charge in [-0.2, -0.15) is 0 Å². The zero-order valence-electron chi connectivity index (χ0n) is 19.0. The van der Waals surface area contributed by atoms with E-state index in [1.165, 1.54) is 11.9 Å². The van der Waals surface area contributed by atoms with Crippen LogP contribution in [-0.2, 0) is 6.54 Å². The smallest absolute Gasteiger partial charge is 0.251 e. The number of nitrogens with zero attached hydrogens (tertiary/aromatic N) is 4. The second kappa shape index (κ2) is 10.5. The summed E-state index contributed by atoms with van der Waals surface area (Å²) in [5.41, 5.74) is 5.38. The van der Waals surface area contributed by atoms with Gasteiger partial charge < -0.3 is 9.88 Å². The topological polar surface area (TPSA) is 98.7 Å². The fraction of sp³-hybridized carbons (Fsp3) is 0.111. The van der Waals surface area contributed by atoms with Crippen LogP contribution >= 0.6 is 11.9 Å². The number of aryl methyl sites for hydroxylation is 1. The molecule has 0 bridgehead atoms. The molecule has 0 aliphatic rings. The van der Waals surface area contributed by atoms with E-state index < -0.39 is 0 Å². The number of hydrogen-bond acceptors (Lipinski definition) is 6. The van der Waals surface area contributed by atoms with Crippen molar-refractivity contribution in [2.24, 2.45) is 5.14 Å². The molecule has 2 heterocycles. The van der Waals surface area contributed by atoms with Gasteiger partial charge in [-0.1, -0.05) is 42.5 Å². The number of amides is 1. The van der Waals surface area contributed by atoms with E-state index >= 15 is 0 Å². The lowest BCUT2D eigenvalue weighted by Crippen LogP contribution is -2.25. The minimum absolute atomic E-state index is 0.130. The highest BCUT2D eigenvalue weighted by Crippen LogP contribution is 2.32. The van der Waals surface area contributed by atoms with Gasteiger partial charge in [0.05, 0.1) is 28.7 Å². The Bertz CT molecular complexity index is 1450. The van der Waals surface area contributed by atoms with Crippen LogP contribution in [0.25, 0.3) is 33.5 Å². The highest BCUT2D eigenvalue weighted by atomic mass is 32.2. The lowest BCUT2D eigenvalue weighted by atomic mass is 10.0. The van der Waals surface area contributed by atoms with Crippen LogP contribution in [-0.4, -0.2) is 32.0 Å². The molecule has 5 rings (SSSR count). The fourth-order valence-electron chi connectivity index (χ4n) is 3.90. The van der Waals surface area contributed by atoms with E-state index in [0.29, 0.717) is 17.6 Å². The molecule has 1 amide bonds. The lowest BCUT2D eigenvalue weighted by Gasteiger charge is -2.12. The highest BCUT2D eigenvalue weighted by Gasteiger charge is 2.15. The van der Waals surface area contributed by atoms with E-state index in [2.05, 4.69) is 10.3 Å². The molecule has 0 aliphatic heterocycles. The lowest BCUT2D eigenvalue weighted by molar-refractivity contribution is 0.0953. The third kappa shape index (κ3) is 5.24. The molecule has 0 fully saturated rings. The second-order valence-corrected chi connectivity index (χ2v) is 8.75. The van der Waals surface area contributed by atoms with Crippen molar-refractivity contribution in [3.63, 3.8) is 0 Å². The Morgan fingerprint density at radius 3 is 2.51 bits per heavy atom. The number of nitrogens with one attached hydrogen (secondary N) is 1. The van der Waals surface area contributed by atoms with Gasteiger partial charge in [0.15, 0.2) is 0 Å². The summed E-state index contributed by atoms with van der Waals surface area (Å²) < 4.78 is 1.99. The number of hydrogen-bond donors (Lipinski definition) is 2. The number of benzene rings is 3. The molecular weight excluding hydrogens is 456 g/mol. The summed E-state index contributed by atoms with van der Waals surface area (Å²) >= 11 is 1.19. The van der Waals surface area contributed by atoms with E-state index in [-0.39, 0.29) is 5.91 Å². The minimum Gasteiger partial charge on any atom is -0.352 e. The molecule has 0 unspecified atom stereocenters. The van der Waals surface area contributed by atoms with Crippen LogP contribution in [0.3, 0.4) is 0 Å². The molecule has 0 radical (unpaired) electrons. The van der Waals surface area contributed by atoms with Gasteiger partial charge in [-0.15, -0.1) is 0 Å². The number of nitrogens with two attached hydrogens (primary N) is 1. The van der Waals surface area contributed by atoms with Gasteiger partial charge in [-0.3, -0.25) is 9.93 Å². The van der Waals surface area contributed by atoms with Crippen LogP contribution in [0, 0.1) is 0 Å². The molecule has 3 N–H and O–H groups in total. The number of carbonyl (C=O) groups excluding carboxylic acids is 1. The zero-order chi connectivity index (χ0) is 24.0. The Kier molecular flexibility index (Phi) is 6.83. The van der Waals surface area contributed by atoms with Crippen molar-refractivity contribution >= 4 is 28.9 Å². The predicted molar refractivity (Wildman–Crippen MR) is 140 cm³/mol. The number of fused-ring (bicyclic) bond motifs is 1. The molecule has 0 saturated heterocycles. The first kappa shape index (κ1) is 22.8. The van der Waals surface area contributed by atoms with E-state index in [0.717, 1.165) is 45.9 Å². The van der Waals surface area contributed by atoms with E-state index in [1.807, 2.05) is 71.4 Å². The van der Waals surface area contributed by atoms with Gasteiger partial charge in [-0.05, 0) is 48.7 Å². The maximum Gasteiger partial charge on any atom is 0.251 e. The highest BCUT2D eigenvalue weighted by molar-refractivity contribution is 7.97. The first-order valence-corrected chi connectivity index (χ1v) is 12.2. The summed E-state index contributed by atoms with van der Waals surface area (Å²) in [7, 11) is 0. The first-order chi connectivity index (χ1) is 17.2. The van der Waals surface area contributed by atoms with E-state index in [1.54, 1.807) is 24.7 Å². The molecule has 2 aromatic heterocycles. The predicted octanol–water partition coefficient (Wildman–Crippen LogP) is 4.95. The van der Waals surface area contributed by atoms with Crippen LogP contribution < -0.4 is 10.5 Å². The standard InChI is InChI=1S/C27H24N6OS/c28-35-22-9-4-8-20(16-22)26-25(19-6-2-1-3-7-19)31-23-11-10-21(17-24(23)32-26)27(34)30-12-5-14-33-15-13-29-18-33/h1-4,6-11,13,15-18H,5,12,14,28H2,(H,30,34). The van der Waals surface area contributed by atoms with Crippen LogP contribution in [0.15, 0.2) is 96.4 Å². The fourth-order valence-corrected chi connectivity index (χ4v) is 4.25. The molecule has 0 saturated carbocycles. The Labute approximate surface area is 207 Å². The molecule has 8 heteroatoms. The SMILES string of the molecule is NSc1cccc(-c2nc3cc(C(=O)NCCCn4ccnc4)ccc3nc2-c2ccccc2)c1. The van der Waals surface area contributed by atoms with Crippen LogP contribution in [0.2, 0.25) is 0 Å². The first-order valence-electron chi connectivity index (χ1n) is 11.3. The van der Waals surface area contributed by atoms with Crippen molar-refractivity contribution in [3.05, 3.63) is 97.1 Å². The van der Waals surface area contributed by atoms with E-state index in [9.17, 15) is 4.79 Å². The molecule has 0 spiro atoms. The van der Waals surface area contributed by atoms with Crippen molar-refractivity contribution in [3.8, 4) is 22.5 Å². The molecule has 5 aromatic rings. The average molecular weight is 481 g/mol. The minimum atomic E-state index is -0.130. The Balaban J connectivity index is 1.46. The van der Waals surface area contributed by atoms with Gasteiger partial charge in [0.1, 0.15) is 0 Å². The van der Waals surface area contributed by atoms with Gasteiger partial charge >= 0.3 is 0 Å². The molecule has 35 heavy (non-hydrogen) atoms. The largest absolute Gasteiger partial charge is 0.352 e. The molecule has 0 aliphatic carbocycles. The number of carbonyl (C=O) groups is 1. The molecule has 174 valence electrons. The Morgan fingerprint density at radius 2 is 1.71 bits per heavy atom. The van der Waals surface area contributed by atoms with Crippen molar-refractivity contribution < 1.29 is 4.79 Å². The Morgan fingerprint density at radius 1 is 0.914 bits per heavy atom. The molecular formula is C27H24N6OS. The van der Waals surface area contributed by atoms with Crippen molar-refractivity contribution in [1.29, 1.82) is 0 Å². The summed E-state index contributed by atoms with van der Waals surface area (Å²) in [6.45, 7) is 1.37. The second-order valence-electron chi connectivity index (χ2n) is 8.05. The molecule has 3 aromatic carbocycles. The molecule has 0 atom stereocenters. The van der Waals surface area contributed by atoms with Crippen molar-refractivity contribution in [1.82, 2.24) is 24.8 Å². The van der Waals surface area contributed by atoms with Crippen LogP contribution in [0.1, 0.15) is 16.8 Å². The van der Waals surface area contributed by atoms with Gasteiger partial charge in [-0.25, -0.2) is 15.0 Å². The zero-order valence-corrected chi connectivity index (χ0v) is 19.8. The summed E-state index contributed by atoms with van der Waals surface area (Å²) in [6, 6.07) is 23.3. The Hall–Kier alpha value is -4.01. The molecule has 7 nitrogen and oxygen atoms in total. The number of rotatable bonds is 8. The maximum absolute atomic E-state index is 12.8. The summed E-state index contributed by atoms with van der Waals surface area (Å²) in [4.78, 5) is 27.7. The average Bonchev–Trinajstić information content (AvgIpc) is 3.44. The van der Waals surface area contributed by atoms with Gasteiger partial charge in [0, 0.05) is 47.1 Å². The third-order valence-electron chi connectivity index (χ3n) is 5.66. The summed E-state index contributed by atoms with van der Waals surface area (Å²) in [5.74, 6) is -0.130. The van der Waals surface area contributed by atoms with E-state index in [4.69, 9.17) is 15.1 Å². The van der Waals surface area contributed by atoms with Crippen molar-refractivity contribution in [2.45, 2.75) is 17.9 Å². The van der Waals surface area contributed by atoms with Crippen molar-refractivity contribution in [2.75, 3.05) is 6.54 Å². The quantitative estimate of drug-likeness (QED) is 0.241. The monoisotopic (exact) mass is 480 g/mol. The number of aromatic nitrogens is 4. The maximum atomic E-state index is 12.8. The van der Waals surface area contributed by atoms with Gasteiger partial charge in [0.2, 0.25) is 0 Å².